The second kappa shape index (κ2) is 6.54. The van der Waals surface area contributed by atoms with Crippen molar-refractivity contribution in [3.63, 3.8) is 0 Å². The normalized spacial score (nSPS) is 10.8. The van der Waals surface area contributed by atoms with E-state index in [2.05, 4.69) is 28.2 Å². The molecule has 0 fully saturated rings. The fourth-order valence-corrected chi connectivity index (χ4v) is 2.97. The van der Waals surface area contributed by atoms with Crippen LogP contribution in [0.2, 0.25) is 5.28 Å². The minimum atomic E-state index is 0.256. The van der Waals surface area contributed by atoms with Crippen molar-refractivity contribution in [3.05, 3.63) is 83.8 Å². The van der Waals surface area contributed by atoms with Gasteiger partial charge >= 0.3 is 0 Å². The highest BCUT2D eigenvalue weighted by molar-refractivity contribution is 6.28. The molecule has 0 amide bonds. The Labute approximate surface area is 150 Å². The molecular formula is C21H15ClN2O. The van der Waals surface area contributed by atoms with Crippen molar-refractivity contribution in [1.82, 2.24) is 9.97 Å². The monoisotopic (exact) mass is 346 g/mol. The average Bonchev–Trinajstić information content (AvgIpc) is 2.61. The fourth-order valence-electron chi connectivity index (χ4n) is 2.74. The van der Waals surface area contributed by atoms with Gasteiger partial charge in [0, 0.05) is 11.3 Å². The molecule has 0 unspecified atom stereocenters. The van der Waals surface area contributed by atoms with Gasteiger partial charge in [-0.25, -0.2) is 9.97 Å². The van der Waals surface area contributed by atoms with Gasteiger partial charge in [-0.1, -0.05) is 30.3 Å². The minimum Gasteiger partial charge on any atom is -0.457 e. The molecule has 0 aliphatic rings. The number of nitrogens with zero attached hydrogens (tertiary/aromatic N) is 2. The summed E-state index contributed by atoms with van der Waals surface area (Å²) in [4.78, 5) is 8.35. The van der Waals surface area contributed by atoms with Crippen LogP contribution in [-0.2, 0) is 0 Å². The highest BCUT2D eigenvalue weighted by atomic mass is 35.5. The third-order valence-electron chi connectivity index (χ3n) is 3.93. The van der Waals surface area contributed by atoms with E-state index in [1.165, 1.54) is 5.39 Å². The summed E-state index contributed by atoms with van der Waals surface area (Å²) < 4.78 is 5.97. The second-order valence-electron chi connectivity index (χ2n) is 5.80. The summed E-state index contributed by atoms with van der Waals surface area (Å²) in [5.41, 5.74) is 2.61. The van der Waals surface area contributed by atoms with E-state index in [1.54, 1.807) is 0 Å². The zero-order valence-corrected chi connectivity index (χ0v) is 14.4. The summed E-state index contributed by atoms with van der Waals surface area (Å²) in [5.74, 6) is 1.59. The quantitative estimate of drug-likeness (QED) is 0.423. The second-order valence-corrected chi connectivity index (χ2v) is 6.14. The lowest BCUT2D eigenvalue weighted by Crippen LogP contribution is -1.91. The molecule has 0 radical (unpaired) electrons. The highest BCUT2D eigenvalue weighted by Crippen LogP contribution is 2.28. The summed E-state index contributed by atoms with van der Waals surface area (Å²) in [5, 5.41) is 2.61. The summed E-state index contributed by atoms with van der Waals surface area (Å²) >= 11 is 5.94. The maximum atomic E-state index is 5.97. The van der Waals surface area contributed by atoms with Crippen LogP contribution in [0.4, 0.5) is 0 Å². The molecule has 0 saturated carbocycles. The first-order valence-electron chi connectivity index (χ1n) is 7.96. The number of aromatic nitrogens is 2. The third-order valence-corrected chi connectivity index (χ3v) is 4.10. The molecule has 4 aromatic rings. The van der Waals surface area contributed by atoms with Crippen molar-refractivity contribution in [3.8, 4) is 22.8 Å². The van der Waals surface area contributed by atoms with Gasteiger partial charge in [0.2, 0.25) is 5.28 Å². The Morgan fingerprint density at radius 1 is 0.760 bits per heavy atom. The van der Waals surface area contributed by atoms with Gasteiger partial charge in [0.25, 0.3) is 0 Å². The number of halogens is 1. The molecule has 0 N–H and O–H groups in total. The first-order chi connectivity index (χ1) is 12.2. The van der Waals surface area contributed by atoms with Crippen molar-refractivity contribution < 1.29 is 4.74 Å². The molecule has 0 aliphatic heterocycles. The number of fused-ring (bicyclic) bond motifs is 1. The molecule has 0 spiro atoms. The Morgan fingerprint density at radius 3 is 2.24 bits per heavy atom. The topological polar surface area (TPSA) is 35.0 Å². The molecule has 0 bridgehead atoms. The predicted octanol–water partition coefficient (Wildman–Crippen LogP) is 6.05. The molecule has 1 aromatic heterocycles. The molecule has 25 heavy (non-hydrogen) atoms. The van der Waals surface area contributed by atoms with Crippen LogP contribution in [0, 0.1) is 6.92 Å². The average molecular weight is 347 g/mol. The van der Waals surface area contributed by atoms with E-state index in [0.29, 0.717) is 0 Å². The van der Waals surface area contributed by atoms with Gasteiger partial charge in [-0.3, -0.25) is 0 Å². The molecule has 4 rings (SSSR count). The van der Waals surface area contributed by atoms with E-state index in [-0.39, 0.29) is 5.28 Å². The lowest BCUT2D eigenvalue weighted by atomic mass is 10.1. The van der Waals surface area contributed by atoms with Gasteiger partial charge in [-0.15, -0.1) is 0 Å². The smallest absolute Gasteiger partial charge is 0.223 e. The van der Waals surface area contributed by atoms with Crippen molar-refractivity contribution in [1.29, 1.82) is 0 Å². The Balaban J connectivity index is 1.59. The summed E-state index contributed by atoms with van der Waals surface area (Å²) in [6.07, 6.45) is 0. The molecule has 0 atom stereocenters. The fraction of sp³-hybridized carbons (Fsp3) is 0.0476. The van der Waals surface area contributed by atoms with Crippen LogP contribution in [0.15, 0.2) is 72.8 Å². The van der Waals surface area contributed by atoms with Crippen LogP contribution in [0.1, 0.15) is 5.69 Å². The molecule has 0 saturated heterocycles. The van der Waals surface area contributed by atoms with Crippen LogP contribution in [0.3, 0.4) is 0 Å². The van der Waals surface area contributed by atoms with Gasteiger partial charge in [0.1, 0.15) is 11.5 Å². The first-order valence-corrected chi connectivity index (χ1v) is 8.33. The zero-order valence-electron chi connectivity index (χ0n) is 13.6. The largest absolute Gasteiger partial charge is 0.457 e. The van der Waals surface area contributed by atoms with Gasteiger partial charge in [-0.05, 0) is 71.8 Å². The Morgan fingerprint density at radius 2 is 1.48 bits per heavy atom. The standard InChI is InChI=1S/C21H15ClN2O/c1-14-12-20(24-21(22)23-14)16-7-9-18(10-8-16)25-19-11-6-15-4-2-3-5-17(15)13-19/h2-13H,1H3. The molecule has 122 valence electrons. The van der Waals surface area contributed by atoms with E-state index in [0.717, 1.165) is 33.8 Å². The van der Waals surface area contributed by atoms with Gasteiger partial charge in [0.05, 0.1) is 5.69 Å². The van der Waals surface area contributed by atoms with E-state index in [4.69, 9.17) is 16.3 Å². The van der Waals surface area contributed by atoms with Gasteiger partial charge < -0.3 is 4.74 Å². The van der Waals surface area contributed by atoms with Crippen molar-refractivity contribution in [2.75, 3.05) is 0 Å². The Kier molecular flexibility index (Phi) is 4.08. The van der Waals surface area contributed by atoms with Crippen LogP contribution in [0.5, 0.6) is 11.5 Å². The van der Waals surface area contributed by atoms with Gasteiger partial charge in [-0.2, -0.15) is 0 Å². The van der Waals surface area contributed by atoms with Gasteiger partial charge in [0.15, 0.2) is 0 Å². The maximum Gasteiger partial charge on any atom is 0.223 e. The number of hydrogen-bond donors (Lipinski definition) is 0. The molecule has 3 nitrogen and oxygen atoms in total. The Hall–Kier alpha value is -2.91. The van der Waals surface area contributed by atoms with E-state index in [1.807, 2.05) is 61.5 Å². The third kappa shape index (κ3) is 3.47. The van der Waals surface area contributed by atoms with E-state index >= 15 is 0 Å². The van der Waals surface area contributed by atoms with Crippen LogP contribution < -0.4 is 4.74 Å². The summed E-state index contributed by atoms with van der Waals surface area (Å²) in [6.45, 7) is 1.90. The van der Waals surface area contributed by atoms with E-state index in [9.17, 15) is 0 Å². The van der Waals surface area contributed by atoms with E-state index < -0.39 is 0 Å². The SMILES string of the molecule is Cc1cc(-c2ccc(Oc3ccc4ccccc4c3)cc2)nc(Cl)n1. The number of aryl methyl sites for hydroxylation is 1. The molecule has 4 heteroatoms. The lowest BCUT2D eigenvalue weighted by molar-refractivity contribution is 0.483. The zero-order chi connectivity index (χ0) is 17.2. The Bertz CT molecular complexity index is 1020. The molecule has 3 aromatic carbocycles. The molecule has 0 aliphatic carbocycles. The lowest BCUT2D eigenvalue weighted by Gasteiger charge is -2.08. The minimum absolute atomic E-state index is 0.256. The van der Waals surface area contributed by atoms with Crippen LogP contribution in [-0.4, -0.2) is 9.97 Å². The van der Waals surface area contributed by atoms with Crippen LogP contribution >= 0.6 is 11.6 Å². The molecular weight excluding hydrogens is 332 g/mol. The van der Waals surface area contributed by atoms with Crippen molar-refractivity contribution in [2.45, 2.75) is 6.92 Å². The predicted molar refractivity (Wildman–Crippen MR) is 101 cm³/mol. The number of ether oxygens (including phenoxy) is 1. The van der Waals surface area contributed by atoms with Crippen molar-refractivity contribution >= 4 is 22.4 Å². The maximum absolute atomic E-state index is 5.97. The highest BCUT2D eigenvalue weighted by Gasteiger charge is 2.05. The first kappa shape index (κ1) is 15.6. The summed E-state index contributed by atoms with van der Waals surface area (Å²) in [7, 11) is 0. The van der Waals surface area contributed by atoms with Crippen molar-refractivity contribution in [2.24, 2.45) is 0 Å². The number of hydrogen-bond acceptors (Lipinski definition) is 3. The molecule has 1 heterocycles. The van der Waals surface area contributed by atoms with Crippen LogP contribution in [0.25, 0.3) is 22.0 Å². The summed E-state index contributed by atoms with van der Waals surface area (Å²) in [6, 6.07) is 24.0. The number of rotatable bonds is 3. The number of benzene rings is 3.